The van der Waals surface area contributed by atoms with Crippen LogP contribution in [0.5, 0.6) is 5.75 Å². The van der Waals surface area contributed by atoms with E-state index in [-0.39, 0.29) is 18.0 Å². The molecule has 0 spiro atoms. The molecule has 1 aromatic heterocycles. The lowest BCUT2D eigenvalue weighted by Gasteiger charge is -2.10. The molecule has 0 bridgehead atoms. The summed E-state index contributed by atoms with van der Waals surface area (Å²) in [5.74, 6) is -0.190. The molecule has 0 atom stereocenters. The molecule has 138 valence electrons. The second kappa shape index (κ2) is 7.35. The SMILES string of the molecule is O=C(COc1ccc2c3c(c(=O)oc2c1)CCCCC3)c1ccc(F)cc1. The van der Waals surface area contributed by atoms with E-state index in [4.69, 9.17) is 9.15 Å². The number of benzene rings is 2. The minimum atomic E-state index is -0.392. The van der Waals surface area contributed by atoms with Gasteiger partial charge < -0.3 is 9.15 Å². The number of carbonyl (C=O) groups is 1. The molecule has 0 aliphatic heterocycles. The van der Waals surface area contributed by atoms with Crippen LogP contribution in [-0.4, -0.2) is 12.4 Å². The second-order valence-corrected chi connectivity index (χ2v) is 6.78. The van der Waals surface area contributed by atoms with Crippen molar-refractivity contribution >= 4 is 16.8 Å². The van der Waals surface area contributed by atoms with Gasteiger partial charge in [0.15, 0.2) is 12.4 Å². The topological polar surface area (TPSA) is 56.5 Å². The fourth-order valence-electron chi connectivity index (χ4n) is 3.56. The van der Waals surface area contributed by atoms with Crippen LogP contribution in [-0.2, 0) is 12.8 Å². The third-order valence-electron chi connectivity index (χ3n) is 4.98. The Kier molecular flexibility index (Phi) is 4.75. The maximum atomic E-state index is 12.9. The summed E-state index contributed by atoms with van der Waals surface area (Å²) < 4.78 is 24.0. The van der Waals surface area contributed by atoms with Crippen molar-refractivity contribution in [2.24, 2.45) is 0 Å². The summed E-state index contributed by atoms with van der Waals surface area (Å²) in [4.78, 5) is 24.5. The van der Waals surface area contributed by atoms with Gasteiger partial charge in [0.05, 0.1) is 0 Å². The minimum Gasteiger partial charge on any atom is -0.485 e. The van der Waals surface area contributed by atoms with Gasteiger partial charge in [-0.25, -0.2) is 9.18 Å². The number of fused-ring (bicyclic) bond motifs is 3. The molecule has 4 rings (SSSR count). The van der Waals surface area contributed by atoms with Crippen LogP contribution in [0.3, 0.4) is 0 Å². The third kappa shape index (κ3) is 3.63. The Bertz CT molecular complexity index is 1050. The van der Waals surface area contributed by atoms with Crippen LogP contribution >= 0.6 is 0 Å². The summed E-state index contributed by atoms with van der Waals surface area (Å²) in [6, 6.07) is 10.7. The summed E-state index contributed by atoms with van der Waals surface area (Å²) in [5, 5.41) is 0.934. The number of ketones is 1. The number of hydrogen-bond acceptors (Lipinski definition) is 4. The minimum absolute atomic E-state index is 0.174. The van der Waals surface area contributed by atoms with Crippen LogP contribution in [0, 0.1) is 5.82 Å². The second-order valence-electron chi connectivity index (χ2n) is 6.78. The lowest BCUT2D eigenvalue weighted by molar-refractivity contribution is 0.0921. The number of ether oxygens (including phenoxy) is 1. The number of carbonyl (C=O) groups excluding carboxylic acids is 1. The van der Waals surface area contributed by atoms with E-state index in [2.05, 4.69) is 0 Å². The first-order valence-electron chi connectivity index (χ1n) is 9.12. The zero-order valence-electron chi connectivity index (χ0n) is 14.8. The fraction of sp³-hybridized carbons (Fsp3) is 0.273. The fourth-order valence-corrected chi connectivity index (χ4v) is 3.56. The summed E-state index contributed by atoms with van der Waals surface area (Å²) in [6.07, 6.45) is 4.83. The predicted molar refractivity (Wildman–Crippen MR) is 100.0 cm³/mol. The Labute approximate surface area is 155 Å². The van der Waals surface area contributed by atoms with Crippen LogP contribution in [0.15, 0.2) is 51.7 Å². The molecule has 0 unspecified atom stereocenters. The zero-order chi connectivity index (χ0) is 18.8. The molecular weight excluding hydrogens is 347 g/mol. The van der Waals surface area contributed by atoms with Crippen LogP contribution in [0.2, 0.25) is 0 Å². The number of halogens is 1. The Morgan fingerprint density at radius 1 is 1.00 bits per heavy atom. The summed E-state index contributed by atoms with van der Waals surface area (Å²) in [5.41, 5.74) is 2.45. The largest absolute Gasteiger partial charge is 0.485 e. The molecule has 4 nitrogen and oxygen atoms in total. The van der Waals surface area contributed by atoms with Crippen molar-refractivity contribution < 1.29 is 18.3 Å². The predicted octanol–water partition coefficient (Wildman–Crippen LogP) is 4.46. The van der Waals surface area contributed by atoms with E-state index < -0.39 is 5.82 Å². The van der Waals surface area contributed by atoms with Gasteiger partial charge in [0.1, 0.15) is 17.1 Å². The summed E-state index contributed by atoms with van der Waals surface area (Å²) >= 11 is 0. The number of aryl methyl sites for hydroxylation is 1. The molecule has 0 radical (unpaired) electrons. The molecule has 0 saturated heterocycles. The van der Waals surface area contributed by atoms with E-state index >= 15 is 0 Å². The third-order valence-corrected chi connectivity index (χ3v) is 4.98. The van der Waals surface area contributed by atoms with E-state index in [0.29, 0.717) is 16.9 Å². The average molecular weight is 366 g/mol. The Morgan fingerprint density at radius 3 is 2.52 bits per heavy atom. The van der Waals surface area contributed by atoms with Crippen molar-refractivity contribution in [2.45, 2.75) is 32.1 Å². The van der Waals surface area contributed by atoms with Gasteiger partial charge in [-0.2, -0.15) is 0 Å². The molecule has 0 fully saturated rings. The van der Waals surface area contributed by atoms with Gasteiger partial charge in [-0.15, -0.1) is 0 Å². The molecule has 2 aromatic carbocycles. The van der Waals surface area contributed by atoms with Gasteiger partial charge >= 0.3 is 5.63 Å². The molecular formula is C22H19FO4. The lowest BCUT2D eigenvalue weighted by Crippen LogP contribution is -2.12. The number of Topliss-reactive ketones (excluding diaryl/α,β-unsaturated/α-hetero) is 1. The molecule has 0 N–H and O–H groups in total. The number of rotatable bonds is 4. The highest BCUT2D eigenvalue weighted by Crippen LogP contribution is 2.28. The molecule has 1 heterocycles. The molecule has 0 saturated carbocycles. The highest BCUT2D eigenvalue weighted by atomic mass is 19.1. The Morgan fingerprint density at radius 2 is 1.74 bits per heavy atom. The normalized spacial score (nSPS) is 13.8. The van der Waals surface area contributed by atoms with Gasteiger partial charge in [-0.3, -0.25) is 4.79 Å². The molecule has 27 heavy (non-hydrogen) atoms. The monoisotopic (exact) mass is 366 g/mol. The van der Waals surface area contributed by atoms with Crippen LogP contribution in [0.4, 0.5) is 4.39 Å². The van der Waals surface area contributed by atoms with Gasteiger partial charge in [-0.05, 0) is 67.6 Å². The van der Waals surface area contributed by atoms with Crippen LogP contribution in [0.25, 0.3) is 11.0 Å². The maximum absolute atomic E-state index is 12.9. The molecule has 1 aliphatic carbocycles. The molecule has 3 aromatic rings. The first kappa shape index (κ1) is 17.5. The Hall–Kier alpha value is -2.95. The van der Waals surface area contributed by atoms with E-state index in [0.717, 1.165) is 48.6 Å². The van der Waals surface area contributed by atoms with E-state index in [9.17, 15) is 14.0 Å². The smallest absolute Gasteiger partial charge is 0.339 e. The maximum Gasteiger partial charge on any atom is 0.339 e. The van der Waals surface area contributed by atoms with Crippen molar-refractivity contribution in [2.75, 3.05) is 6.61 Å². The van der Waals surface area contributed by atoms with Crippen molar-refractivity contribution in [3.8, 4) is 5.75 Å². The first-order valence-corrected chi connectivity index (χ1v) is 9.12. The van der Waals surface area contributed by atoms with Crippen molar-refractivity contribution in [3.63, 3.8) is 0 Å². The molecule has 5 heteroatoms. The summed E-state index contributed by atoms with van der Waals surface area (Å²) in [7, 11) is 0. The van der Waals surface area contributed by atoms with E-state index in [1.54, 1.807) is 12.1 Å². The zero-order valence-corrected chi connectivity index (χ0v) is 14.8. The van der Waals surface area contributed by atoms with Crippen LogP contribution in [0.1, 0.15) is 40.7 Å². The molecule has 0 amide bonds. The quantitative estimate of drug-likeness (QED) is 0.389. The summed E-state index contributed by atoms with van der Waals surface area (Å²) in [6.45, 7) is -0.174. The molecule has 1 aliphatic rings. The first-order chi connectivity index (χ1) is 13.1. The number of hydrogen-bond donors (Lipinski definition) is 0. The highest BCUT2D eigenvalue weighted by molar-refractivity contribution is 5.97. The van der Waals surface area contributed by atoms with Crippen molar-refractivity contribution in [1.29, 1.82) is 0 Å². The standard InChI is InChI=1S/C22H19FO4/c23-15-8-6-14(7-9-15)20(24)13-26-16-10-11-18-17-4-2-1-3-5-19(17)22(25)27-21(18)12-16/h6-12H,1-5,13H2. The average Bonchev–Trinajstić information content (AvgIpc) is 2.93. The van der Waals surface area contributed by atoms with Crippen LogP contribution < -0.4 is 10.4 Å². The highest BCUT2D eigenvalue weighted by Gasteiger charge is 2.17. The van der Waals surface area contributed by atoms with Gasteiger partial charge in [0.25, 0.3) is 0 Å². The lowest BCUT2D eigenvalue weighted by atomic mass is 10.0. The van der Waals surface area contributed by atoms with Crippen molar-refractivity contribution in [1.82, 2.24) is 0 Å². The van der Waals surface area contributed by atoms with Crippen molar-refractivity contribution in [3.05, 3.63) is 75.4 Å². The van der Waals surface area contributed by atoms with E-state index in [1.807, 2.05) is 6.07 Å². The van der Waals surface area contributed by atoms with E-state index in [1.165, 1.54) is 24.3 Å². The van der Waals surface area contributed by atoms with Gasteiger partial charge in [0.2, 0.25) is 0 Å². The Balaban J connectivity index is 1.57. The van der Waals surface area contributed by atoms with Gasteiger partial charge in [-0.1, -0.05) is 6.42 Å². The van der Waals surface area contributed by atoms with Gasteiger partial charge in [0, 0.05) is 22.6 Å².